The third-order valence-corrected chi connectivity index (χ3v) is 4.22. The van der Waals surface area contributed by atoms with E-state index in [1.807, 2.05) is 4.90 Å². The van der Waals surface area contributed by atoms with Crippen LogP contribution in [-0.2, 0) is 4.79 Å². The van der Waals surface area contributed by atoms with Crippen LogP contribution in [0.3, 0.4) is 0 Å². The zero-order chi connectivity index (χ0) is 9.87. The number of nitrogens with zero attached hydrogens (tertiary/aromatic N) is 1. The fourth-order valence-corrected chi connectivity index (χ4v) is 3.07. The van der Waals surface area contributed by atoms with Gasteiger partial charge in [0.05, 0.1) is 0 Å². The lowest BCUT2D eigenvalue weighted by atomic mass is 9.44. The second-order valence-electron chi connectivity index (χ2n) is 4.71. The fraction of sp³-hybridized carbons (Fsp3) is 0.800. The molecular weight excluding hydrogens is 180 g/mol. The fourth-order valence-electron chi connectivity index (χ4n) is 3.07. The summed E-state index contributed by atoms with van der Waals surface area (Å²) in [6, 6.07) is 0.269. The Kier molecular flexibility index (Phi) is 1.47. The molecule has 14 heavy (non-hydrogen) atoms. The number of hydrogen-bond donors (Lipinski definition) is 1. The summed E-state index contributed by atoms with van der Waals surface area (Å²) in [5.41, 5.74) is 0. The van der Waals surface area contributed by atoms with E-state index in [2.05, 4.69) is 12.2 Å². The Bertz CT molecular complexity index is 305. The maximum absolute atomic E-state index is 11.5. The Morgan fingerprint density at radius 3 is 2.57 bits per heavy atom. The summed E-state index contributed by atoms with van der Waals surface area (Å²) >= 11 is 0. The first-order valence-corrected chi connectivity index (χ1v) is 5.29. The molecule has 3 aliphatic carbocycles. The van der Waals surface area contributed by atoms with Crippen LogP contribution in [-0.4, -0.2) is 29.4 Å². The summed E-state index contributed by atoms with van der Waals surface area (Å²) in [5.74, 6) is 2.08. The SMILES string of the molecule is CC1C2CC1C2N1CCC(=O)NC1=O. The van der Waals surface area contributed by atoms with E-state index in [-0.39, 0.29) is 11.9 Å². The molecule has 1 heterocycles. The summed E-state index contributed by atoms with van der Waals surface area (Å²) < 4.78 is 0. The van der Waals surface area contributed by atoms with Crippen molar-refractivity contribution in [3.63, 3.8) is 0 Å². The number of nitrogens with one attached hydrogen (secondary N) is 1. The van der Waals surface area contributed by atoms with Gasteiger partial charge in [0.25, 0.3) is 0 Å². The minimum absolute atomic E-state index is 0.132. The molecule has 76 valence electrons. The molecule has 4 heteroatoms. The Labute approximate surface area is 82.6 Å². The first kappa shape index (κ1) is 8.26. The van der Waals surface area contributed by atoms with Crippen LogP contribution in [0.5, 0.6) is 0 Å². The van der Waals surface area contributed by atoms with Crippen LogP contribution in [0.4, 0.5) is 4.79 Å². The minimum Gasteiger partial charge on any atom is -0.320 e. The van der Waals surface area contributed by atoms with E-state index >= 15 is 0 Å². The molecule has 1 aliphatic heterocycles. The van der Waals surface area contributed by atoms with Crippen LogP contribution in [0.2, 0.25) is 0 Å². The average molecular weight is 194 g/mol. The normalized spacial score (nSPS) is 45.4. The highest BCUT2D eigenvalue weighted by Crippen LogP contribution is 2.60. The molecule has 2 atom stereocenters. The van der Waals surface area contributed by atoms with Crippen molar-refractivity contribution in [3.8, 4) is 0 Å². The second-order valence-corrected chi connectivity index (χ2v) is 4.71. The van der Waals surface area contributed by atoms with Gasteiger partial charge in [-0.3, -0.25) is 10.1 Å². The predicted molar refractivity (Wildman–Crippen MR) is 49.4 cm³/mol. The molecule has 3 saturated carbocycles. The van der Waals surface area contributed by atoms with Gasteiger partial charge in [-0.1, -0.05) is 6.92 Å². The molecule has 4 nitrogen and oxygen atoms in total. The lowest BCUT2D eigenvalue weighted by Gasteiger charge is -2.66. The van der Waals surface area contributed by atoms with Crippen molar-refractivity contribution in [2.24, 2.45) is 17.8 Å². The maximum Gasteiger partial charge on any atom is 0.324 e. The molecule has 0 aromatic carbocycles. The van der Waals surface area contributed by atoms with Gasteiger partial charge in [-0.25, -0.2) is 4.79 Å². The van der Waals surface area contributed by atoms with E-state index in [4.69, 9.17) is 0 Å². The number of hydrogen-bond acceptors (Lipinski definition) is 2. The summed E-state index contributed by atoms with van der Waals surface area (Å²) in [5, 5.41) is 2.38. The molecule has 4 aliphatic rings. The number of rotatable bonds is 1. The van der Waals surface area contributed by atoms with Gasteiger partial charge in [-0.15, -0.1) is 0 Å². The molecule has 3 amide bonds. The van der Waals surface area contributed by atoms with Crippen molar-refractivity contribution in [2.75, 3.05) is 6.54 Å². The van der Waals surface area contributed by atoms with E-state index in [0.29, 0.717) is 30.8 Å². The molecule has 1 N–H and O–H groups in total. The Morgan fingerprint density at radius 2 is 2.07 bits per heavy atom. The van der Waals surface area contributed by atoms with Crippen LogP contribution in [0, 0.1) is 17.8 Å². The predicted octanol–water partition coefficient (Wildman–Crippen LogP) is 0.583. The summed E-state index contributed by atoms with van der Waals surface area (Å²) in [6.07, 6.45) is 1.75. The van der Waals surface area contributed by atoms with Crippen molar-refractivity contribution >= 4 is 11.9 Å². The highest BCUT2D eigenvalue weighted by molar-refractivity contribution is 5.96. The van der Waals surface area contributed by atoms with Gasteiger partial charge in [-0.2, -0.15) is 0 Å². The van der Waals surface area contributed by atoms with Crippen molar-refractivity contribution in [2.45, 2.75) is 25.8 Å². The van der Waals surface area contributed by atoms with Gasteiger partial charge < -0.3 is 4.90 Å². The van der Waals surface area contributed by atoms with Crippen LogP contribution < -0.4 is 5.32 Å². The molecule has 0 aromatic rings. The number of carbonyl (C=O) groups is 2. The number of amides is 3. The molecule has 0 radical (unpaired) electrons. The van der Waals surface area contributed by atoms with E-state index < -0.39 is 0 Å². The van der Waals surface area contributed by atoms with E-state index in [1.54, 1.807) is 0 Å². The molecule has 1 saturated heterocycles. The van der Waals surface area contributed by atoms with Gasteiger partial charge in [0.15, 0.2) is 0 Å². The highest BCUT2D eigenvalue weighted by Gasteiger charge is 2.62. The monoisotopic (exact) mass is 194 g/mol. The van der Waals surface area contributed by atoms with Crippen LogP contribution in [0.25, 0.3) is 0 Å². The van der Waals surface area contributed by atoms with Crippen molar-refractivity contribution in [1.82, 2.24) is 10.2 Å². The topological polar surface area (TPSA) is 49.4 Å². The molecular formula is C10H14N2O2. The summed E-state index contributed by atoms with van der Waals surface area (Å²) in [6.45, 7) is 2.87. The van der Waals surface area contributed by atoms with Gasteiger partial charge in [0, 0.05) is 19.0 Å². The standard InChI is InChI=1S/C10H14N2O2/c1-5-6-4-7(5)9(6)12-3-2-8(13)11-10(12)14/h5-7,9H,2-4H2,1H3,(H,11,13,14). The largest absolute Gasteiger partial charge is 0.324 e. The third kappa shape index (κ3) is 0.837. The van der Waals surface area contributed by atoms with E-state index in [9.17, 15) is 9.59 Å². The van der Waals surface area contributed by atoms with Crippen LogP contribution >= 0.6 is 0 Å². The second kappa shape index (κ2) is 2.49. The highest BCUT2D eigenvalue weighted by atomic mass is 16.2. The molecule has 2 unspecified atom stereocenters. The first-order valence-electron chi connectivity index (χ1n) is 5.29. The van der Waals surface area contributed by atoms with Crippen molar-refractivity contribution < 1.29 is 9.59 Å². The Balaban J connectivity index is 1.69. The van der Waals surface area contributed by atoms with Crippen molar-refractivity contribution in [3.05, 3.63) is 0 Å². The zero-order valence-corrected chi connectivity index (χ0v) is 8.19. The number of carbonyl (C=O) groups excluding carboxylic acids is 2. The van der Waals surface area contributed by atoms with Crippen molar-refractivity contribution in [1.29, 1.82) is 0 Å². The summed E-state index contributed by atoms with van der Waals surface area (Å²) in [4.78, 5) is 24.3. The molecule has 2 bridgehead atoms. The molecule has 0 aromatic heterocycles. The average Bonchev–Trinajstić information content (AvgIpc) is 2.06. The Morgan fingerprint density at radius 1 is 1.36 bits per heavy atom. The van der Waals surface area contributed by atoms with Gasteiger partial charge in [-0.05, 0) is 24.2 Å². The number of urea groups is 1. The smallest absolute Gasteiger partial charge is 0.320 e. The lowest BCUT2D eigenvalue weighted by Crippen LogP contribution is -2.72. The van der Waals surface area contributed by atoms with E-state index in [0.717, 1.165) is 5.92 Å². The lowest BCUT2D eigenvalue weighted by molar-refractivity contribution is -0.161. The Hall–Kier alpha value is -1.06. The molecule has 0 spiro atoms. The quantitative estimate of drug-likeness (QED) is 0.664. The molecule has 4 fully saturated rings. The molecule has 4 rings (SSSR count). The van der Waals surface area contributed by atoms with Gasteiger partial charge in [0.1, 0.15) is 0 Å². The first-order chi connectivity index (χ1) is 6.68. The van der Waals surface area contributed by atoms with Gasteiger partial charge in [0.2, 0.25) is 5.91 Å². The number of imide groups is 1. The maximum atomic E-state index is 11.5. The minimum atomic E-state index is -0.173. The zero-order valence-electron chi connectivity index (χ0n) is 8.19. The van der Waals surface area contributed by atoms with Gasteiger partial charge >= 0.3 is 6.03 Å². The van der Waals surface area contributed by atoms with E-state index in [1.165, 1.54) is 6.42 Å². The van der Waals surface area contributed by atoms with Crippen LogP contribution in [0.15, 0.2) is 0 Å². The summed E-state index contributed by atoms with van der Waals surface area (Å²) in [7, 11) is 0. The van der Waals surface area contributed by atoms with Crippen LogP contribution in [0.1, 0.15) is 19.8 Å². The third-order valence-electron chi connectivity index (χ3n) is 4.22.